The van der Waals surface area contributed by atoms with E-state index in [0.717, 1.165) is 26.9 Å². The molecule has 32 heavy (non-hydrogen) atoms. The summed E-state index contributed by atoms with van der Waals surface area (Å²) < 4.78 is 13.3. The minimum Gasteiger partial charge on any atom is -0.493 e. The highest BCUT2D eigenvalue weighted by Crippen LogP contribution is 2.39. The summed E-state index contributed by atoms with van der Waals surface area (Å²) in [6, 6.07) is 13.9. The van der Waals surface area contributed by atoms with Gasteiger partial charge in [-0.25, -0.2) is 0 Å². The zero-order valence-electron chi connectivity index (χ0n) is 19.0. The van der Waals surface area contributed by atoms with Crippen LogP contribution in [0.5, 0.6) is 11.5 Å². The van der Waals surface area contributed by atoms with Gasteiger partial charge < -0.3 is 23.9 Å². The Morgan fingerprint density at radius 3 is 2.56 bits per heavy atom. The number of amides is 1. The van der Waals surface area contributed by atoms with E-state index < -0.39 is 0 Å². The lowest BCUT2D eigenvalue weighted by Gasteiger charge is -2.32. The van der Waals surface area contributed by atoms with Gasteiger partial charge >= 0.3 is 0 Å². The fraction of sp³-hybridized carbons (Fsp3) is 0.320. The average Bonchev–Trinajstić information content (AvgIpc) is 3.45. The van der Waals surface area contributed by atoms with Crippen molar-refractivity contribution in [3.8, 4) is 22.1 Å². The first-order valence-electron chi connectivity index (χ1n) is 10.5. The number of ether oxygens (including phenoxy) is 2. The largest absolute Gasteiger partial charge is 0.493 e. The maximum absolute atomic E-state index is 13.5. The van der Waals surface area contributed by atoms with Gasteiger partial charge in [-0.3, -0.25) is 4.79 Å². The van der Waals surface area contributed by atoms with Crippen LogP contribution in [0.3, 0.4) is 0 Å². The van der Waals surface area contributed by atoms with Gasteiger partial charge in [0.05, 0.1) is 29.8 Å². The number of fused-ring (bicyclic) bond motifs is 3. The molecule has 1 aromatic carbocycles. The quantitative estimate of drug-likeness (QED) is 0.444. The number of hydrogen-bond donors (Lipinski definition) is 1. The lowest BCUT2D eigenvalue weighted by Crippen LogP contribution is -2.43. The SMILES string of the molecule is COc1cc2cc(-c3cccs3)n3c(C(=O)N(C)C(C)(C)C)ccc3c2cc1OCCO. The molecular weight excluding hydrogens is 424 g/mol. The van der Waals surface area contributed by atoms with E-state index >= 15 is 0 Å². The number of hydrogen-bond acceptors (Lipinski definition) is 5. The smallest absolute Gasteiger partial charge is 0.271 e. The number of carbonyl (C=O) groups excluding carboxylic acids is 1. The Balaban J connectivity index is 2.02. The van der Waals surface area contributed by atoms with Crippen LogP contribution in [-0.4, -0.2) is 53.2 Å². The van der Waals surface area contributed by atoms with Crippen molar-refractivity contribution in [3.63, 3.8) is 0 Å². The molecule has 3 aromatic heterocycles. The second-order valence-corrected chi connectivity index (χ2v) is 9.59. The predicted octanol–water partition coefficient (Wildman–Crippen LogP) is 5.07. The van der Waals surface area contributed by atoms with Gasteiger partial charge in [0.25, 0.3) is 5.91 Å². The molecule has 4 aromatic rings. The number of carbonyl (C=O) groups is 1. The molecular formula is C25H28N2O4S. The standard InChI is InChI=1S/C25H28N2O4S/c1-25(2,3)26(4)24(29)19-9-8-18-17-15-22(31-11-10-28)21(30-5)14-16(17)13-20(27(18)19)23-7-6-12-32-23/h6-9,12-15,28H,10-11H2,1-5H3. The van der Waals surface area contributed by atoms with Crippen LogP contribution in [0, 0.1) is 0 Å². The zero-order chi connectivity index (χ0) is 23.0. The van der Waals surface area contributed by atoms with Crippen molar-refractivity contribution in [3.05, 3.63) is 53.5 Å². The van der Waals surface area contributed by atoms with Gasteiger partial charge in [0.2, 0.25) is 0 Å². The predicted molar refractivity (Wildman–Crippen MR) is 129 cm³/mol. The first-order chi connectivity index (χ1) is 15.3. The highest BCUT2D eigenvalue weighted by atomic mass is 32.1. The molecule has 0 unspecified atom stereocenters. The molecule has 0 aliphatic carbocycles. The fourth-order valence-corrected chi connectivity index (χ4v) is 4.44. The molecule has 7 heteroatoms. The van der Waals surface area contributed by atoms with E-state index in [4.69, 9.17) is 9.47 Å². The summed E-state index contributed by atoms with van der Waals surface area (Å²) in [6.45, 7) is 6.15. The number of aliphatic hydroxyl groups excluding tert-OH is 1. The van der Waals surface area contributed by atoms with Crippen molar-refractivity contribution in [2.75, 3.05) is 27.4 Å². The Kier molecular flexibility index (Phi) is 5.88. The number of methoxy groups -OCH3 is 1. The maximum Gasteiger partial charge on any atom is 0.271 e. The Bertz CT molecular complexity index is 1270. The highest BCUT2D eigenvalue weighted by molar-refractivity contribution is 7.13. The van der Waals surface area contributed by atoms with E-state index in [1.54, 1.807) is 23.3 Å². The molecule has 0 aliphatic heterocycles. The third-order valence-electron chi connectivity index (χ3n) is 5.68. The summed E-state index contributed by atoms with van der Waals surface area (Å²) in [5.41, 5.74) is 2.16. The van der Waals surface area contributed by atoms with Crippen LogP contribution in [0.15, 0.2) is 47.8 Å². The van der Waals surface area contributed by atoms with Crippen LogP contribution in [-0.2, 0) is 0 Å². The molecule has 6 nitrogen and oxygen atoms in total. The zero-order valence-corrected chi connectivity index (χ0v) is 19.8. The van der Waals surface area contributed by atoms with Crippen molar-refractivity contribution in [2.45, 2.75) is 26.3 Å². The number of aromatic nitrogens is 1. The molecule has 168 valence electrons. The summed E-state index contributed by atoms with van der Waals surface area (Å²) in [6.07, 6.45) is 0. The van der Waals surface area contributed by atoms with Crippen LogP contribution < -0.4 is 9.47 Å². The molecule has 0 saturated carbocycles. The van der Waals surface area contributed by atoms with Crippen molar-refractivity contribution < 1.29 is 19.4 Å². The molecule has 1 N–H and O–H groups in total. The maximum atomic E-state index is 13.5. The summed E-state index contributed by atoms with van der Waals surface area (Å²) in [5, 5.41) is 13.1. The molecule has 0 aliphatic rings. The fourth-order valence-electron chi connectivity index (χ4n) is 3.71. The average molecular weight is 453 g/mol. The summed E-state index contributed by atoms with van der Waals surface area (Å²) >= 11 is 1.63. The van der Waals surface area contributed by atoms with Crippen molar-refractivity contribution in [2.24, 2.45) is 0 Å². The van der Waals surface area contributed by atoms with E-state index in [2.05, 4.69) is 12.1 Å². The van der Waals surface area contributed by atoms with Gasteiger partial charge in [0.1, 0.15) is 12.3 Å². The highest BCUT2D eigenvalue weighted by Gasteiger charge is 2.27. The van der Waals surface area contributed by atoms with Crippen molar-refractivity contribution >= 4 is 33.5 Å². The van der Waals surface area contributed by atoms with Crippen LogP contribution >= 0.6 is 11.3 Å². The summed E-state index contributed by atoms with van der Waals surface area (Å²) in [4.78, 5) is 16.3. The van der Waals surface area contributed by atoms with Crippen LogP contribution in [0.25, 0.3) is 26.9 Å². The van der Waals surface area contributed by atoms with E-state index in [1.807, 2.05) is 67.9 Å². The number of rotatable bonds is 6. The number of nitrogens with zero attached hydrogens (tertiary/aromatic N) is 2. The number of pyridine rings is 1. The normalized spacial score (nSPS) is 11.8. The number of aliphatic hydroxyl groups is 1. The summed E-state index contributed by atoms with van der Waals surface area (Å²) in [7, 11) is 3.43. The monoisotopic (exact) mass is 452 g/mol. The molecule has 4 rings (SSSR count). The minimum atomic E-state index is -0.306. The van der Waals surface area contributed by atoms with Crippen molar-refractivity contribution in [1.82, 2.24) is 9.30 Å². The second-order valence-electron chi connectivity index (χ2n) is 8.64. The Hall–Kier alpha value is -3.03. The molecule has 1 amide bonds. The van der Waals surface area contributed by atoms with Crippen molar-refractivity contribution in [1.29, 1.82) is 0 Å². The molecule has 0 radical (unpaired) electrons. The molecule has 3 heterocycles. The minimum absolute atomic E-state index is 0.0417. The molecule has 0 spiro atoms. The number of benzene rings is 1. The van der Waals surface area contributed by atoms with Gasteiger partial charge in [-0.15, -0.1) is 11.3 Å². The van der Waals surface area contributed by atoms with E-state index in [1.165, 1.54) is 0 Å². The first kappa shape index (κ1) is 22.2. The van der Waals surface area contributed by atoms with Gasteiger partial charge in [0.15, 0.2) is 11.5 Å². The molecule has 0 fully saturated rings. The molecule has 0 saturated heterocycles. The van der Waals surface area contributed by atoms with Crippen LogP contribution in [0.1, 0.15) is 31.3 Å². The first-order valence-corrected chi connectivity index (χ1v) is 11.4. The summed E-state index contributed by atoms with van der Waals surface area (Å²) in [5.74, 6) is 1.11. The second kappa shape index (κ2) is 8.48. The van der Waals surface area contributed by atoms with E-state index in [-0.39, 0.29) is 24.7 Å². The Morgan fingerprint density at radius 2 is 1.94 bits per heavy atom. The van der Waals surface area contributed by atoms with Crippen LogP contribution in [0.4, 0.5) is 0 Å². The van der Waals surface area contributed by atoms with E-state index in [0.29, 0.717) is 17.2 Å². The Morgan fingerprint density at radius 1 is 1.16 bits per heavy atom. The topological polar surface area (TPSA) is 63.4 Å². The van der Waals surface area contributed by atoms with Gasteiger partial charge in [-0.2, -0.15) is 0 Å². The Labute approximate surface area is 191 Å². The van der Waals surface area contributed by atoms with Gasteiger partial charge in [-0.1, -0.05) is 6.07 Å². The number of thiophene rings is 1. The van der Waals surface area contributed by atoms with Gasteiger partial charge in [-0.05, 0) is 67.9 Å². The lowest BCUT2D eigenvalue weighted by molar-refractivity contribution is 0.0649. The third-order valence-corrected chi connectivity index (χ3v) is 6.57. The molecule has 0 atom stereocenters. The lowest BCUT2D eigenvalue weighted by atomic mass is 10.1. The molecule has 0 bridgehead atoms. The third kappa shape index (κ3) is 3.82. The van der Waals surface area contributed by atoms with E-state index in [9.17, 15) is 9.90 Å². The van der Waals surface area contributed by atoms with Crippen LogP contribution in [0.2, 0.25) is 0 Å². The van der Waals surface area contributed by atoms with Gasteiger partial charge in [0, 0.05) is 18.0 Å².